The minimum atomic E-state index is -0.317. The molecule has 1 aromatic heterocycles. The molecule has 32 heavy (non-hydrogen) atoms. The predicted octanol–water partition coefficient (Wildman–Crippen LogP) is 2.05. The number of rotatable bonds is 7. The summed E-state index contributed by atoms with van der Waals surface area (Å²) in [5.41, 5.74) is 3.09. The fraction of sp³-hybridized carbons (Fsp3) is 0.583. The van der Waals surface area contributed by atoms with Gasteiger partial charge in [-0.3, -0.25) is 14.4 Å². The maximum Gasteiger partial charge on any atom is 0.272 e. The van der Waals surface area contributed by atoms with E-state index in [-0.39, 0.29) is 23.8 Å². The van der Waals surface area contributed by atoms with E-state index in [2.05, 4.69) is 34.5 Å². The van der Waals surface area contributed by atoms with E-state index in [1.807, 2.05) is 11.7 Å². The Bertz CT molecular complexity index is 952. The van der Waals surface area contributed by atoms with Gasteiger partial charge >= 0.3 is 0 Å². The zero-order valence-corrected chi connectivity index (χ0v) is 19.3. The van der Waals surface area contributed by atoms with Gasteiger partial charge in [0.2, 0.25) is 0 Å². The molecule has 4 rings (SSSR count). The molecular formula is C24H34FN5O2. The summed E-state index contributed by atoms with van der Waals surface area (Å²) in [6.07, 6.45) is 2.67. The van der Waals surface area contributed by atoms with Gasteiger partial charge in [-0.15, -0.1) is 0 Å². The molecule has 0 bridgehead atoms. The molecule has 8 heteroatoms. The molecular weight excluding hydrogens is 409 g/mol. The monoisotopic (exact) mass is 443 g/mol. The Morgan fingerprint density at radius 1 is 1.28 bits per heavy atom. The lowest BCUT2D eigenvalue weighted by Gasteiger charge is -2.42. The molecule has 1 atom stereocenters. The van der Waals surface area contributed by atoms with Crippen LogP contribution in [0.25, 0.3) is 0 Å². The van der Waals surface area contributed by atoms with Gasteiger partial charge in [-0.05, 0) is 39.2 Å². The van der Waals surface area contributed by atoms with Gasteiger partial charge in [0.15, 0.2) is 5.69 Å². The van der Waals surface area contributed by atoms with E-state index >= 15 is 0 Å². The Labute approximate surface area is 189 Å². The van der Waals surface area contributed by atoms with Gasteiger partial charge in [0.25, 0.3) is 5.91 Å². The third kappa shape index (κ3) is 5.03. The van der Waals surface area contributed by atoms with Gasteiger partial charge in [0.1, 0.15) is 5.82 Å². The molecule has 2 aliphatic rings. The summed E-state index contributed by atoms with van der Waals surface area (Å²) in [5, 5.41) is 11.1. The molecule has 1 aromatic carbocycles. The Kier molecular flexibility index (Phi) is 6.93. The number of aryl methyl sites for hydroxylation is 1. The van der Waals surface area contributed by atoms with Crippen molar-refractivity contribution < 1.29 is 13.9 Å². The van der Waals surface area contributed by atoms with Crippen molar-refractivity contribution in [1.82, 2.24) is 25.3 Å². The van der Waals surface area contributed by atoms with Crippen molar-refractivity contribution in [1.29, 1.82) is 0 Å². The van der Waals surface area contributed by atoms with Crippen LogP contribution in [0.15, 0.2) is 24.3 Å². The van der Waals surface area contributed by atoms with Crippen LogP contribution in [0.5, 0.6) is 0 Å². The molecule has 0 unspecified atom stereocenters. The molecule has 0 saturated carbocycles. The highest BCUT2D eigenvalue weighted by Crippen LogP contribution is 2.25. The highest BCUT2D eigenvalue weighted by Gasteiger charge is 2.32. The van der Waals surface area contributed by atoms with E-state index in [1.165, 1.54) is 6.07 Å². The number of hydrogen-bond acceptors (Lipinski definition) is 5. The number of carbonyl (C=O) groups excluding carboxylic acids is 1. The second-order valence-corrected chi connectivity index (χ2v) is 9.40. The SMILES string of the molecule is Cn1nc(C(=O)NCc2ccccc2F)c2c1CC[C@@H](NCC(C)(C)N1CCOCC1)C2. The first-order valence-electron chi connectivity index (χ1n) is 11.5. The Morgan fingerprint density at radius 3 is 2.78 bits per heavy atom. The minimum absolute atomic E-state index is 0.0406. The summed E-state index contributed by atoms with van der Waals surface area (Å²) in [5.74, 6) is -0.567. The van der Waals surface area contributed by atoms with Crippen LogP contribution in [0.4, 0.5) is 4.39 Å². The zero-order chi connectivity index (χ0) is 22.7. The fourth-order valence-corrected chi connectivity index (χ4v) is 4.72. The number of hydrogen-bond donors (Lipinski definition) is 2. The van der Waals surface area contributed by atoms with Crippen molar-refractivity contribution in [3.8, 4) is 0 Å². The number of ether oxygens (including phenoxy) is 1. The topological polar surface area (TPSA) is 71.4 Å². The molecule has 1 fully saturated rings. The van der Waals surface area contributed by atoms with E-state index in [1.54, 1.807) is 18.2 Å². The first-order valence-corrected chi connectivity index (χ1v) is 11.5. The molecule has 1 amide bonds. The van der Waals surface area contributed by atoms with E-state index < -0.39 is 0 Å². The van der Waals surface area contributed by atoms with Crippen LogP contribution in [0.2, 0.25) is 0 Å². The van der Waals surface area contributed by atoms with Gasteiger partial charge in [-0.1, -0.05) is 18.2 Å². The highest BCUT2D eigenvalue weighted by molar-refractivity contribution is 5.94. The summed E-state index contributed by atoms with van der Waals surface area (Å²) < 4.78 is 21.2. The second-order valence-electron chi connectivity index (χ2n) is 9.40. The molecule has 174 valence electrons. The summed E-state index contributed by atoms with van der Waals surface area (Å²) >= 11 is 0. The maximum absolute atomic E-state index is 13.9. The third-order valence-electron chi connectivity index (χ3n) is 6.76. The fourth-order valence-electron chi connectivity index (χ4n) is 4.72. The summed E-state index contributed by atoms with van der Waals surface area (Å²) in [6, 6.07) is 6.79. The molecule has 2 N–H and O–H groups in total. The first-order chi connectivity index (χ1) is 15.3. The summed E-state index contributed by atoms with van der Waals surface area (Å²) in [4.78, 5) is 15.4. The smallest absolute Gasteiger partial charge is 0.272 e. The van der Waals surface area contributed by atoms with E-state index in [4.69, 9.17) is 4.74 Å². The predicted molar refractivity (Wildman–Crippen MR) is 121 cm³/mol. The number of halogens is 1. The molecule has 1 aliphatic heterocycles. The van der Waals surface area contributed by atoms with Crippen LogP contribution in [0.3, 0.4) is 0 Å². The molecule has 2 heterocycles. The Hall–Kier alpha value is -2.29. The van der Waals surface area contributed by atoms with Gasteiger partial charge < -0.3 is 15.4 Å². The quantitative estimate of drug-likeness (QED) is 0.685. The van der Waals surface area contributed by atoms with Crippen LogP contribution >= 0.6 is 0 Å². The molecule has 1 saturated heterocycles. The number of benzene rings is 1. The normalized spacial score (nSPS) is 19.6. The summed E-state index contributed by atoms with van der Waals surface area (Å²) in [6.45, 7) is 9.05. The lowest BCUT2D eigenvalue weighted by atomic mass is 9.90. The van der Waals surface area contributed by atoms with Gasteiger partial charge in [0, 0.05) is 61.6 Å². The van der Waals surface area contributed by atoms with Crippen LogP contribution in [0, 0.1) is 5.82 Å². The number of amides is 1. The molecule has 0 spiro atoms. The Balaban J connectivity index is 1.39. The summed E-state index contributed by atoms with van der Waals surface area (Å²) in [7, 11) is 1.89. The molecule has 7 nitrogen and oxygen atoms in total. The zero-order valence-electron chi connectivity index (χ0n) is 19.3. The van der Waals surface area contributed by atoms with Gasteiger partial charge in [-0.25, -0.2) is 4.39 Å². The van der Waals surface area contributed by atoms with Crippen molar-refractivity contribution in [2.24, 2.45) is 7.05 Å². The van der Waals surface area contributed by atoms with E-state index in [9.17, 15) is 9.18 Å². The van der Waals surface area contributed by atoms with Crippen molar-refractivity contribution in [3.63, 3.8) is 0 Å². The standard InChI is InChI=1S/C24H34FN5O2/c1-24(2,30-10-12-32-13-11-30)16-27-18-8-9-21-19(14-18)22(28-29(21)3)23(31)26-15-17-6-4-5-7-20(17)25/h4-7,18,27H,8-16H2,1-3H3,(H,26,31)/t18-/m1/s1. The van der Waals surface area contributed by atoms with Crippen LogP contribution in [-0.4, -0.2) is 65.0 Å². The lowest BCUT2D eigenvalue weighted by Crippen LogP contribution is -2.56. The number of fused-ring (bicyclic) bond motifs is 1. The first kappa shape index (κ1) is 22.9. The number of aromatic nitrogens is 2. The average molecular weight is 444 g/mol. The van der Waals surface area contributed by atoms with Crippen molar-refractivity contribution in [2.45, 2.75) is 51.2 Å². The van der Waals surface area contributed by atoms with E-state index in [0.717, 1.165) is 63.4 Å². The Morgan fingerprint density at radius 2 is 2.03 bits per heavy atom. The number of nitrogens with zero attached hydrogens (tertiary/aromatic N) is 3. The van der Waals surface area contributed by atoms with Crippen LogP contribution < -0.4 is 10.6 Å². The molecule has 1 aliphatic carbocycles. The minimum Gasteiger partial charge on any atom is -0.379 e. The van der Waals surface area contributed by atoms with Crippen molar-refractivity contribution >= 4 is 5.91 Å². The van der Waals surface area contributed by atoms with Crippen LogP contribution in [0.1, 0.15) is 47.6 Å². The second kappa shape index (κ2) is 9.68. The number of morpholine rings is 1. The van der Waals surface area contributed by atoms with E-state index in [0.29, 0.717) is 17.3 Å². The number of nitrogens with one attached hydrogen (secondary N) is 2. The molecule has 0 radical (unpaired) electrons. The van der Waals surface area contributed by atoms with Crippen LogP contribution in [-0.2, 0) is 31.2 Å². The van der Waals surface area contributed by atoms with Gasteiger partial charge in [0.05, 0.1) is 13.2 Å². The maximum atomic E-state index is 13.9. The lowest BCUT2D eigenvalue weighted by molar-refractivity contribution is -0.0104. The van der Waals surface area contributed by atoms with Gasteiger partial charge in [-0.2, -0.15) is 5.10 Å². The average Bonchev–Trinajstić information content (AvgIpc) is 3.13. The third-order valence-corrected chi connectivity index (χ3v) is 6.76. The molecule has 2 aromatic rings. The van der Waals surface area contributed by atoms with Crippen molar-refractivity contribution in [2.75, 3.05) is 32.8 Å². The highest BCUT2D eigenvalue weighted by atomic mass is 19.1. The number of carbonyl (C=O) groups is 1. The van der Waals surface area contributed by atoms with Crippen molar-refractivity contribution in [3.05, 3.63) is 52.6 Å². The largest absolute Gasteiger partial charge is 0.379 e.